The molecular formula is C12H24O11. The lowest BCUT2D eigenvalue weighted by molar-refractivity contribution is -0.306. The molecule has 0 aromatic rings. The molecule has 11 nitrogen and oxygen atoms in total. The van der Waals surface area contributed by atoms with E-state index in [9.17, 15) is 35.7 Å². The lowest BCUT2D eigenvalue weighted by atomic mass is 9.99. The van der Waals surface area contributed by atoms with Gasteiger partial charge in [-0.15, -0.1) is 0 Å². The molecule has 0 bridgehead atoms. The molecule has 0 spiro atoms. The van der Waals surface area contributed by atoms with Crippen molar-refractivity contribution >= 4 is 0 Å². The second-order valence-electron chi connectivity index (χ2n) is 5.33. The fourth-order valence-electron chi connectivity index (χ4n) is 2.06. The van der Waals surface area contributed by atoms with Crippen LogP contribution in [0.2, 0.25) is 0 Å². The number of ether oxygens (including phenoxy) is 2. The zero-order valence-electron chi connectivity index (χ0n) is 12.2. The third kappa shape index (κ3) is 5.01. The Balaban J connectivity index is 2.55. The molecule has 11 heteroatoms. The van der Waals surface area contributed by atoms with Crippen molar-refractivity contribution in [1.82, 2.24) is 0 Å². The SMILES string of the molecule is OC[C@@H](O)[C@@H](O)[C@H](O)[C@@H](O)CO[C@@H]1O[C@H](CO)[C@H](O)[C@H](O)[C@H]1O. The Kier molecular flexibility index (Phi) is 8.20. The van der Waals surface area contributed by atoms with Crippen molar-refractivity contribution in [3.05, 3.63) is 0 Å². The van der Waals surface area contributed by atoms with E-state index in [1.54, 1.807) is 0 Å². The molecule has 0 amide bonds. The van der Waals surface area contributed by atoms with Crippen LogP contribution in [0.5, 0.6) is 0 Å². The molecule has 138 valence electrons. The van der Waals surface area contributed by atoms with E-state index in [-0.39, 0.29) is 0 Å². The van der Waals surface area contributed by atoms with Crippen molar-refractivity contribution in [3.8, 4) is 0 Å². The summed E-state index contributed by atoms with van der Waals surface area (Å²) >= 11 is 0. The van der Waals surface area contributed by atoms with Gasteiger partial charge < -0.3 is 55.4 Å². The molecule has 0 unspecified atom stereocenters. The molecule has 1 aliphatic rings. The maximum Gasteiger partial charge on any atom is 0.186 e. The molecule has 0 radical (unpaired) electrons. The molecule has 1 saturated heterocycles. The van der Waals surface area contributed by atoms with Gasteiger partial charge in [0.15, 0.2) is 6.29 Å². The predicted octanol–water partition coefficient (Wildman–Crippen LogP) is -5.76. The summed E-state index contributed by atoms with van der Waals surface area (Å²) in [4.78, 5) is 0. The summed E-state index contributed by atoms with van der Waals surface area (Å²) in [6.45, 7) is -2.16. The van der Waals surface area contributed by atoms with Gasteiger partial charge in [-0.05, 0) is 0 Å². The highest BCUT2D eigenvalue weighted by atomic mass is 16.7. The fraction of sp³-hybridized carbons (Fsp3) is 1.00. The van der Waals surface area contributed by atoms with Gasteiger partial charge in [0, 0.05) is 0 Å². The van der Waals surface area contributed by atoms with E-state index in [1.807, 2.05) is 0 Å². The van der Waals surface area contributed by atoms with E-state index in [4.69, 9.17) is 19.7 Å². The summed E-state index contributed by atoms with van der Waals surface area (Å²) in [6.07, 6.45) is -14.7. The van der Waals surface area contributed by atoms with Crippen LogP contribution in [0.1, 0.15) is 0 Å². The van der Waals surface area contributed by atoms with Crippen molar-refractivity contribution in [2.45, 2.75) is 55.1 Å². The molecule has 0 aromatic heterocycles. The van der Waals surface area contributed by atoms with Crippen LogP contribution in [0.25, 0.3) is 0 Å². The normalized spacial score (nSPS) is 37.2. The Bertz CT molecular complexity index is 341. The second kappa shape index (κ2) is 9.15. The second-order valence-corrected chi connectivity index (χ2v) is 5.33. The summed E-state index contributed by atoms with van der Waals surface area (Å²) in [5.74, 6) is 0. The van der Waals surface area contributed by atoms with Crippen LogP contribution in [-0.4, -0.2) is 121 Å². The van der Waals surface area contributed by atoms with Gasteiger partial charge in [0.05, 0.1) is 19.8 Å². The molecule has 1 rings (SSSR count). The average molecular weight is 344 g/mol. The standard InChI is InChI=1S/C12H24O11/c13-1-4(15)7(17)8(18)5(16)3-22-12-11(21)10(20)9(19)6(2-14)23-12/h4-21H,1-3H2/t4-,5+,6-,7-,8-,9+,10+,11-,12-/m1/s1. The van der Waals surface area contributed by atoms with Gasteiger partial charge in [0.2, 0.25) is 0 Å². The molecule has 1 fully saturated rings. The molecular weight excluding hydrogens is 320 g/mol. The van der Waals surface area contributed by atoms with E-state index in [2.05, 4.69) is 0 Å². The van der Waals surface area contributed by atoms with E-state index in [0.717, 1.165) is 0 Å². The van der Waals surface area contributed by atoms with Gasteiger partial charge in [-0.1, -0.05) is 0 Å². The van der Waals surface area contributed by atoms with Crippen LogP contribution in [0.15, 0.2) is 0 Å². The highest BCUT2D eigenvalue weighted by Crippen LogP contribution is 2.22. The van der Waals surface area contributed by atoms with Crippen molar-refractivity contribution in [2.24, 2.45) is 0 Å². The smallest absolute Gasteiger partial charge is 0.186 e. The van der Waals surface area contributed by atoms with Gasteiger partial charge in [-0.2, -0.15) is 0 Å². The van der Waals surface area contributed by atoms with Gasteiger partial charge in [-0.3, -0.25) is 0 Å². The maximum absolute atomic E-state index is 9.70. The summed E-state index contributed by atoms with van der Waals surface area (Å²) < 4.78 is 9.99. The number of aliphatic hydroxyl groups excluding tert-OH is 9. The lowest BCUT2D eigenvalue weighted by Gasteiger charge is -2.40. The third-order valence-corrected chi connectivity index (χ3v) is 3.61. The molecule has 9 atom stereocenters. The summed E-state index contributed by atoms with van der Waals surface area (Å²) in [6, 6.07) is 0. The monoisotopic (exact) mass is 344 g/mol. The Hall–Kier alpha value is -0.440. The van der Waals surface area contributed by atoms with Crippen molar-refractivity contribution in [2.75, 3.05) is 19.8 Å². The predicted molar refractivity (Wildman–Crippen MR) is 70.8 cm³/mol. The van der Waals surface area contributed by atoms with Crippen LogP contribution in [0, 0.1) is 0 Å². The highest BCUT2D eigenvalue weighted by molar-refractivity contribution is 4.89. The minimum absolute atomic E-state index is 0.655. The van der Waals surface area contributed by atoms with Gasteiger partial charge in [0.1, 0.15) is 48.8 Å². The van der Waals surface area contributed by atoms with Crippen LogP contribution in [0.4, 0.5) is 0 Å². The molecule has 0 saturated carbocycles. The number of hydrogen-bond donors (Lipinski definition) is 9. The third-order valence-electron chi connectivity index (χ3n) is 3.61. The lowest BCUT2D eigenvalue weighted by Crippen LogP contribution is -2.59. The minimum Gasteiger partial charge on any atom is -0.394 e. The van der Waals surface area contributed by atoms with Crippen LogP contribution in [-0.2, 0) is 9.47 Å². The Morgan fingerprint density at radius 3 is 1.91 bits per heavy atom. The number of rotatable bonds is 8. The summed E-state index contributed by atoms with van der Waals surface area (Å²) in [7, 11) is 0. The van der Waals surface area contributed by atoms with Gasteiger partial charge >= 0.3 is 0 Å². The zero-order chi connectivity index (χ0) is 17.7. The quantitative estimate of drug-likeness (QED) is 0.203. The summed E-state index contributed by atoms with van der Waals surface area (Å²) in [5.41, 5.74) is 0. The molecule has 23 heavy (non-hydrogen) atoms. The molecule has 1 aliphatic heterocycles. The summed E-state index contributed by atoms with van der Waals surface area (Å²) in [5, 5.41) is 84.4. The topological polar surface area (TPSA) is 201 Å². The Morgan fingerprint density at radius 1 is 0.826 bits per heavy atom. The van der Waals surface area contributed by atoms with E-state index in [0.29, 0.717) is 0 Å². The van der Waals surface area contributed by atoms with E-state index >= 15 is 0 Å². The first-order valence-corrected chi connectivity index (χ1v) is 6.99. The first-order chi connectivity index (χ1) is 10.7. The van der Waals surface area contributed by atoms with Gasteiger partial charge in [0.25, 0.3) is 0 Å². The van der Waals surface area contributed by atoms with Crippen molar-refractivity contribution in [1.29, 1.82) is 0 Å². The van der Waals surface area contributed by atoms with Crippen molar-refractivity contribution < 1.29 is 55.4 Å². The van der Waals surface area contributed by atoms with Crippen LogP contribution >= 0.6 is 0 Å². The number of aliphatic hydroxyl groups is 9. The van der Waals surface area contributed by atoms with Gasteiger partial charge in [-0.25, -0.2) is 0 Å². The zero-order valence-corrected chi connectivity index (χ0v) is 12.2. The molecule has 9 N–H and O–H groups in total. The Morgan fingerprint density at radius 2 is 1.39 bits per heavy atom. The first kappa shape index (κ1) is 20.6. The molecule has 0 aromatic carbocycles. The maximum atomic E-state index is 9.70. The van der Waals surface area contributed by atoms with E-state index in [1.165, 1.54) is 0 Å². The fourth-order valence-corrected chi connectivity index (χ4v) is 2.06. The number of hydrogen-bond acceptors (Lipinski definition) is 11. The first-order valence-electron chi connectivity index (χ1n) is 6.99. The molecule has 0 aliphatic carbocycles. The van der Waals surface area contributed by atoms with E-state index < -0.39 is 74.9 Å². The average Bonchev–Trinajstić information content (AvgIpc) is 2.56. The molecule has 1 heterocycles. The minimum atomic E-state index is -1.86. The van der Waals surface area contributed by atoms with Crippen LogP contribution < -0.4 is 0 Å². The Labute approximate surface area is 131 Å². The van der Waals surface area contributed by atoms with Crippen LogP contribution in [0.3, 0.4) is 0 Å². The highest BCUT2D eigenvalue weighted by Gasteiger charge is 2.44. The largest absolute Gasteiger partial charge is 0.394 e. The van der Waals surface area contributed by atoms with Crippen molar-refractivity contribution in [3.63, 3.8) is 0 Å².